The Morgan fingerprint density at radius 3 is 2.26 bits per heavy atom. The average Bonchev–Trinajstić information content (AvgIpc) is 2.82. The summed E-state index contributed by atoms with van der Waals surface area (Å²) in [6.45, 7) is 12.3. The average molecular weight is 498 g/mol. The molecule has 1 atom stereocenters. The molecular weight excluding hydrogens is 458 g/mol. The van der Waals surface area contributed by atoms with Gasteiger partial charge in [-0.15, -0.1) is 0 Å². The predicted octanol–water partition coefficient (Wildman–Crippen LogP) is 4.68. The molecule has 0 radical (unpaired) electrons. The first-order valence-electron chi connectivity index (χ1n) is 11.7. The van der Waals surface area contributed by atoms with Crippen molar-refractivity contribution in [2.75, 3.05) is 34.4 Å². The van der Waals surface area contributed by atoms with Gasteiger partial charge in [-0.25, -0.2) is 0 Å². The summed E-state index contributed by atoms with van der Waals surface area (Å²) in [6, 6.07) is 15.7. The molecule has 0 amide bonds. The first kappa shape index (κ1) is 28.6. The number of likely N-dealkylation sites (N-methyl/N-ethyl adjacent to an activating group) is 1. The van der Waals surface area contributed by atoms with Crippen molar-refractivity contribution < 1.29 is 8.92 Å². The van der Waals surface area contributed by atoms with E-state index in [-0.39, 0.29) is 5.90 Å². The van der Waals surface area contributed by atoms with E-state index in [0.29, 0.717) is 17.5 Å². The van der Waals surface area contributed by atoms with Crippen LogP contribution in [0.25, 0.3) is 0 Å². The highest BCUT2D eigenvalue weighted by molar-refractivity contribution is 7.95. The maximum Gasteiger partial charge on any atom is 0.213 e. The number of aliphatic imine (C=N–C) groups is 1. The van der Waals surface area contributed by atoms with Crippen LogP contribution in [0.5, 0.6) is 5.75 Å². The van der Waals surface area contributed by atoms with Crippen molar-refractivity contribution in [3.05, 3.63) is 77.5 Å². The molecular formula is C27H39N5O2S. The Labute approximate surface area is 214 Å². The second-order valence-electron chi connectivity index (χ2n) is 8.78. The Balaban J connectivity index is 1.99. The van der Waals surface area contributed by atoms with Crippen LogP contribution in [0.15, 0.2) is 65.8 Å². The number of benzene rings is 2. The Bertz CT molecular complexity index is 972. The zero-order valence-corrected chi connectivity index (χ0v) is 22.5. The lowest BCUT2D eigenvalue weighted by Gasteiger charge is -2.17. The number of rotatable bonds is 14. The molecule has 0 heterocycles. The molecule has 0 saturated heterocycles. The van der Waals surface area contributed by atoms with Crippen LogP contribution < -0.4 is 14.8 Å². The lowest BCUT2D eigenvalue weighted by atomic mass is 10.1. The highest BCUT2D eigenvalue weighted by Gasteiger charge is 2.14. The minimum atomic E-state index is -0.444. The van der Waals surface area contributed by atoms with Crippen LogP contribution in [0.1, 0.15) is 37.5 Å². The molecule has 1 unspecified atom stereocenters. The molecule has 0 aromatic heterocycles. The first-order chi connectivity index (χ1) is 16.7. The fraction of sp³-hybridized carbons (Fsp3) is 0.407. The molecule has 8 heteroatoms. The van der Waals surface area contributed by atoms with Crippen LogP contribution in [0.2, 0.25) is 0 Å². The quantitative estimate of drug-likeness (QED) is 0.152. The minimum Gasteiger partial charge on any atom is -0.468 e. The van der Waals surface area contributed by atoms with Gasteiger partial charge in [0.1, 0.15) is 11.9 Å². The van der Waals surface area contributed by atoms with Crippen LogP contribution in [-0.2, 0) is 11.3 Å². The van der Waals surface area contributed by atoms with Gasteiger partial charge < -0.3 is 19.6 Å². The molecule has 2 aromatic rings. The molecule has 2 rings (SSSR count). The molecule has 0 aliphatic heterocycles. The summed E-state index contributed by atoms with van der Waals surface area (Å²) in [5.41, 5.74) is 4.25. The van der Waals surface area contributed by atoms with Gasteiger partial charge in [-0.1, -0.05) is 32.6 Å². The van der Waals surface area contributed by atoms with Gasteiger partial charge in [0.2, 0.25) is 5.90 Å². The molecule has 0 aliphatic rings. The summed E-state index contributed by atoms with van der Waals surface area (Å²) in [6.07, 6.45) is -0.444. The molecule has 0 spiro atoms. The summed E-state index contributed by atoms with van der Waals surface area (Å²) < 4.78 is 11.5. The number of nitrogens with zero attached hydrogens (tertiary/aromatic N) is 2. The number of hydrogen-bond acceptors (Lipinski definition) is 8. The highest BCUT2D eigenvalue weighted by atomic mass is 32.2. The van der Waals surface area contributed by atoms with Crippen LogP contribution in [0.3, 0.4) is 0 Å². The lowest BCUT2D eigenvalue weighted by Crippen LogP contribution is -2.27. The molecule has 2 aromatic carbocycles. The van der Waals surface area contributed by atoms with Crippen molar-refractivity contribution in [2.45, 2.75) is 38.7 Å². The second-order valence-corrected chi connectivity index (χ2v) is 10.1. The fourth-order valence-electron chi connectivity index (χ4n) is 3.00. The Kier molecular flexibility index (Phi) is 12.0. The SMILES string of the molecule is C=C(N=C(CNC)c1ccc(OSC(C)C)cc1)C(C)OC(=N)c1ccc(CNCN(C)C)cc1. The summed E-state index contributed by atoms with van der Waals surface area (Å²) in [4.78, 5) is 6.81. The van der Waals surface area contributed by atoms with Gasteiger partial charge in [-0.2, -0.15) is 0 Å². The van der Waals surface area contributed by atoms with Crippen molar-refractivity contribution >= 4 is 23.7 Å². The van der Waals surface area contributed by atoms with E-state index < -0.39 is 6.10 Å². The largest absolute Gasteiger partial charge is 0.468 e. The Hall–Kier alpha value is -2.65. The molecule has 190 valence electrons. The number of hydrogen-bond donors (Lipinski definition) is 3. The van der Waals surface area contributed by atoms with Gasteiger partial charge in [0, 0.05) is 30.6 Å². The third-order valence-electron chi connectivity index (χ3n) is 4.88. The van der Waals surface area contributed by atoms with Crippen molar-refractivity contribution in [1.82, 2.24) is 15.5 Å². The zero-order valence-electron chi connectivity index (χ0n) is 21.7. The van der Waals surface area contributed by atoms with Crippen LogP contribution >= 0.6 is 12.0 Å². The van der Waals surface area contributed by atoms with Crippen LogP contribution in [0, 0.1) is 5.41 Å². The molecule has 0 bridgehead atoms. The molecule has 0 aliphatic carbocycles. The van der Waals surface area contributed by atoms with Crippen molar-refractivity contribution in [3.63, 3.8) is 0 Å². The van der Waals surface area contributed by atoms with E-state index in [4.69, 9.17) is 19.3 Å². The van der Waals surface area contributed by atoms with E-state index in [0.717, 1.165) is 41.4 Å². The Morgan fingerprint density at radius 2 is 1.69 bits per heavy atom. The van der Waals surface area contributed by atoms with Gasteiger partial charge in [-0.3, -0.25) is 15.3 Å². The smallest absolute Gasteiger partial charge is 0.213 e. The monoisotopic (exact) mass is 497 g/mol. The van der Waals surface area contributed by atoms with Gasteiger partial charge in [0.05, 0.1) is 23.5 Å². The van der Waals surface area contributed by atoms with Gasteiger partial charge in [-0.05, 0) is 75.6 Å². The van der Waals surface area contributed by atoms with E-state index in [1.54, 1.807) is 0 Å². The fourth-order valence-corrected chi connectivity index (χ4v) is 3.42. The molecule has 0 fully saturated rings. The minimum absolute atomic E-state index is 0.0981. The maximum atomic E-state index is 8.38. The highest BCUT2D eigenvalue weighted by Crippen LogP contribution is 2.21. The normalized spacial score (nSPS) is 12.6. The van der Waals surface area contributed by atoms with Crippen LogP contribution in [-0.4, -0.2) is 62.2 Å². The summed E-state index contributed by atoms with van der Waals surface area (Å²) in [7, 11) is 5.92. The van der Waals surface area contributed by atoms with Crippen molar-refractivity contribution in [3.8, 4) is 5.75 Å². The lowest BCUT2D eigenvalue weighted by molar-refractivity contribution is 0.241. The molecule has 7 nitrogen and oxygen atoms in total. The van der Waals surface area contributed by atoms with Crippen molar-refractivity contribution in [2.24, 2.45) is 4.99 Å². The van der Waals surface area contributed by atoms with E-state index >= 15 is 0 Å². The number of ether oxygens (including phenoxy) is 1. The number of nitrogens with one attached hydrogen (secondary N) is 3. The topological polar surface area (TPSA) is 82.0 Å². The van der Waals surface area contributed by atoms with Gasteiger partial charge >= 0.3 is 0 Å². The predicted molar refractivity (Wildman–Crippen MR) is 149 cm³/mol. The third kappa shape index (κ3) is 10.2. The van der Waals surface area contributed by atoms with Gasteiger partial charge in [0.25, 0.3) is 0 Å². The van der Waals surface area contributed by atoms with E-state index in [2.05, 4.69) is 36.0 Å². The summed E-state index contributed by atoms with van der Waals surface area (Å²) in [5.74, 6) is 0.903. The third-order valence-corrected chi connectivity index (χ3v) is 5.56. The van der Waals surface area contributed by atoms with E-state index in [9.17, 15) is 0 Å². The molecule has 35 heavy (non-hydrogen) atoms. The van der Waals surface area contributed by atoms with Crippen LogP contribution in [0.4, 0.5) is 0 Å². The first-order valence-corrected chi connectivity index (χ1v) is 12.5. The standard InChI is InChI=1S/C27H39N5O2S/c1-19(2)35-34-25-14-12-23(13-15-25)26(17-29-5)31-20(3)21(4)33-27(28)24-10-8-22(9-11-24)16-30-18-32(6)7/h8-15,19,21,28-30H,3,16-18H2,1-2,4-7H3. The van der Waals surface area contributed by atoms with Gasteiger partial charge in [0.15, 0.2) is 0 Å². The summed E-state index contributed by atoms with van der Waals surface area (Å²) in [5, 5.41) is 15.3. The zero-order chi connectivity index (χ0) is 25.8. The van der Waals surface area contributed by atoms with E-state index in [1.165, 1.54) is 12.0 Å². The van der Waals surface area contributed by atoms with E-state index in [1.807, 2.05) is 76.6 Å². The second kappa shape index (κ2) is 14.7. The van der Waals surface area contributed by atoms with Crippen molar-refractivity contribution in [1.29, 1.82) is 5.41 Å². The molecule has 0 saturated carbocycles. The summed E-state index contributed by atoms with van der Waals surface area (Å²) >= 11 is 1.43. The maximum absolute atomic E-state index is 8.38. The molecule has 3 N–H and O–H groups in total. The Morgan fingerprint density at radius 1 is 1.06 bits per heavy atom.